The van der Waals surface area contributed by atoms with E-state index in [2.05, 4.69) is 0 Å². The molecule has 9 heteroatoms. The van der Waals surface area contributed by atoms with Gasteiger partial charge in [0.25, 0.3) is 0 Å². The van der Waals surface area contributed by atoms with Crippen LogP contribution < -0.4 is 0 Å². The molecule has 0 aromatic rings. The van der Waals surface area contributed by atoms with E-state index in [9.17, 15) is 0 Å². The van der Waals surface area contributed by atoms with Gasteiger partial charge in [0, 0.05) is 0 Å². The van der Waals surface area contributed by atoms with Crippen LogP contribution in [0.4, 0.5) is 0 Å². The summed E-state index contributed by atoms with van der Waals surface area (Å²) in [5.41, 5.74) is 0. The second kappa shape index (κ2) is 7.96. The Morgan fingerprint density at radius 2 is 0.778 bits per heavy atom. The molecule has 0 fully saturated rings. The molecule has 67 valence electrons. The van der Waals surface area contributed by atoms with E-state index < -0.39 is 24.9 Å². The van der Waals surface area contributed by atoms with Crippen LogP contribution in [-0.2, 0) is 24.9 Å². The van der Waals surface area contributed by atoms with Gasteiger partial charge < -0.3 is 0 Å². The van der Waals surface area contributed by atoms with E-state index in [-0.39, 0.29) is 0 Å². The molecule has 0 unspecified atom stereocenters. The van der Waals surface area contributed by atoms with Gasteiger partial charge in [-0.1, -0.05) is 0 Å². The van der Waals surface area contributed by atoms with Gasteiger partial charge in [0.05, 0.1) is 0 Å². The third-order valence-corrected chi connectivity index (χ3v) is 0. The summed E-state index contributed by atoms with van der Waals surface area (Å²) < 4.78 is 0. The van der Waals surface area contributed by atoms with Gasteiger partial charge in [-0.25, -0.2) is 0 Å². The Morgan fingerprint density at radius 3 is 0.778 bits per heavy atom. The van der Waals surface area contributed by atoms with E-state index in [1.165, 1.54) is 0 Å². The summed E-state index contributed by atoms with van der Waals surface area (Å²) in [5.74, 6) is 0. The van der Waals surface area contributed by atoms with Gasteiger partial charge in [0.15, 0.2) is 0 Å². The molecule has 0 heterocycles. The van der Waals surface area contributed by atoms with Gasteiger partial charge in [-0.2, -0.15) is 0 Å². The van der Waals surface area contributed by atoms with E-state index in [1.54, 1.807) is 0 Å². The number of halogens is 7. The Labute approximate surface area is 89.9 Å². The molecule has 0 aliphatic heterocycles. The fraction of sp³-hybridized carbons (Fsp3) is 0. The Hall–Kier alpha value is 3.34. The summed E-state index contributed by atoms with van der Waals surface area (Å²) in [6.45, 7) is 0. The van der Waals surface area contributed by atoms with E-state index in [0.717, 1.165) is 0 Å². The van der Waals surface area contributed by atoms with Crippen molar-refractivity contribution in [2.75, 3.05) is 0 Å². The van der Waals surface area contributed by atoms with Crippen LogP contribution in [0.25, 0.3) is 0 Å². The van der Waals surface area contributed by atoms with Crippen LogP contribution in [0.3, 0.4) is 0 Å². The van der Waals surface area contributed by atoms with Crippen molar-refractivity contribution in [2.45, 2.75) is 0 Å². The minimum atomic E-state index is -3.06. The van der Waals surface area contributed by atoms with E-state index in [1.807, 2.05) is 0 Å². The molecular formula is Cl7PtRu. The molecule has 9 heavy (non-hydrogen) atoms. The minimum absolute atomic E-state index is 1.75. The fourth-order valence-electron chi connectivity index (χ4n) is 0. The Kier molecular flexibility index (Phi) is 13.1. The normalized spacial score (nSPS) is 13.4. The molecule has 0 aromatic heterocycles. The van der Waals surface area contributed by atoms with Gasteiger partial charge in [0.1, 0.15) is 0 Å². The molecule has 0 aliphatic rings. The van der Waals surface area contributed by atoms with Crippen LogP contribution >= 0.6 is 66.7 Å². The first-order valence-corrected chi connectivity index (χ1v) is 18.9. The third kappa shape index (κ3) is 88.6. The van der Waals surface area contributed by atoms with Gasteiger partial charge in [-0.15, -0.1) is 0 Å². The maximum absolute atomic E-state index is 5.01. The number of rotatable bonds is 0. The Bertz CT molecular complexity index is 45.7. The molecule has 0 bridgehead atoms. The first-order valence-electron chi connectivity index (χ1n) is 0.879. The van der Waals surface area contributed by atoms with Crippen molar-refractivity contribution in [2.24, 2.45) is 0 Å². The van der Waals surface area contributed by atoms with Gasteiger partial charge in [-0.05, 0) is 0 Å². The van der Waals surface area contributed by atoms with Crippen LogP contribution in [0.15, 0.2) is 0 Å². The van der Waals surface area contributed by atoms with Crippen LogP contribution in [0, 0.1) is 0 Å². The average Bonchev–Trinajstić information content (AvgIpc) is 1.19. The van der Waals surface area contributed by atoms with Gasteiger partial charge in [-0.3, -0.25) is 0 Å². The summed E-state index contributed by atoms with van der Waals surface area (Å²) in [6.07, 6.45) is 0. The first kappa shape index (κ1) is 14.8. The third-order valence-electron chi connectivity index (χ3n) is 0. The van der Waals surface area contributed by atoms with E-state index in [0.29, 0.717) is 0 Å². The zero-order valence-electron chi connectivity index (χ0n) is 3.32. The zero-order valence-corrected chi connectivity index (χ0v) is 12.6. The molecule has 0 amide bonds. The van der Waals surface area contributed by atoms with Crippen molar-refractivity contribution in [3.05, 3.63) is 0 Å². The summed E-state index contributed by atoms with van der Waals surface area (Å²) in [5, 5.41) is 0. The second-order valence-corrected chi connectivity index (χ2v) is 28.0. The summed E-state index contributed by atoms with van der Waals surface area (Å²) >= 11 is -4.81. The molecule has 0 aliphatic carbocycles. The summed E-state index contributed by atoms with van der Waals surface area (Å²) in [7, 11) is 34.9. The average molecular weight is 544 g/mol. The molecule has 0 saturated carbocycles. The maximum atomic E-state index is 5.01. The first-order chi connectivity index (χ1) is 3.73. The van der Waals surface area contributed by atoms with Crippen LogP contribution in [0.5, 0.6) is 0 Å². The SMILES string of the molecule is [Cl][Pt]([Cl])([Cl])[Cl].[Cl][Ru]([Cl])[Cl]. The molecule has 0 rings (SSSR count). The van der Waals surface area contributed by atoms with Crippen molar-refractivity contribution in [3.8, 4) is 0 Å². The molecule has 0 aromatic carbocycles. The van der Waals surface area contributed by atoms with Crippen molar-refractivity contribution < 1.29 is 24.9 Å². The van der Waals surface area contributed by atoms with E-state index in [4.69, 9.17) is 66.7 Å². The van der Waals surface area contributed by atoms with Crippen LogP contribution in [0.1, 0.15) is 0 Å². The number of hydrogen-bond donors (Lipinski definition) is 0. The predicted molar refractivity (Wildman–Crippen MR) is 41.0 cm³/mol. The Balaban J connectivity index is 0. The Morgan fingerprint density at radius 1 is 0.778 bits per heavy atom. The van der Waals surface area contributed by atoms with Gasteiger partial charge in [0.2, 0.25) is 0 Å². The van der Waals surface area contributed by atoms with Crippen molar-refractivity contribution >= 4 is 66.7 Å². The monoisotopic (exact) mass is 542 g/mol. The van der Waals surface area contributed by atoms with Crippen LogP contribution in [0.2, 0.25) is 0 Å². The molecule has 0 nitrogen and oxygen atoms in total. The van der Waals surface area contributed by atoms with Crippen molar-refractivity contribution in [1.82, 2.24) is 0 Å². The van der Waals surface area contributed by atoms with Gasteiger partial charge >= 0.3 is 91.6 Å². The van der Waals surface area contributed by atoms with Crippen molar-refractivity contribution in [1.29, 1.82) is 0 Å². The topological polar surface area (TPSA) is 0 Å². The molecular weight excluding hydrogens is 544 g/mol. The summed E-state index contributed by atoms with van der Waals surface area (Å²) in [6, 6.07) is 0. The van der Waals surface area contributed by atoms with E-state index >= 15 is 0 Å². The van der Waals surface area contributed by atoms with Crippen LogP contribution in [-0.4, -0.2) is 0 Å². The fourth-order valence-corrected chi connectivity index (χ4v) is 0. The molecule has 0 atom stereocenters. The predicted octanol–water partition coefficient (Wildman–Crippen LogP) is 4.82. The molecule has 0 spiro atoms. The van der Waals surface area contributed by atoms with Crippen molar-refractivity contribution in [3.63, 3.8) is 0 Å². The second-order valence-electron chi connectivity index (χ2n) is 0.423. The molecule has 0 saturated heterocycles. The molecule has 0 radical (unpaired) electrons. The standard InChI is InChI=1S/7ClH.Pt.Ru/h7*1H;;/q;;;;;;;+4;+3/p-7. The zero-order chi connectivity index (χ0) is 8.08. The quantitative estimate of drug-likeness (QED) is 0.384. The summed E-state index contributed by atoms with van der Waals surface area (Å²) in [4.78, 5) is 0. The molecule has 0 N–H and O–H groups in total. The number of hydrogen-bond acceptors (Lipinski definition) is 0.